The van der Waals surface area contributed by atoms with Crippen molar-refractivity contribution in [1.82, 2.24) is 9.78 Å². The van der Waals surface area contributed by atoms with Gasteiger partial charge in [0, 0.05) is 0 Å². The van der Waals surface area contributed by atoms with Gasteiger partial charge in [-0.05, 0) is 12.1 Å². The van der Waals surface area contributed by atoms with Crippen molar-refractivity contribution in [3.8, 4) is 5.88 Å². The summed E-state index contributed by atoms with van der Waals surface area (Å²) in [6.07, 6.45) is -0.137. The molecule has 0 fully saturated rings. The zero-order valence-electron chi connectivity index (χ0n) is 7.55. The molecule has 0 aliphatic carbocycles. The van der Waals surface area contributed by atoms with Gasteiger partial charge in [-0.3, -0.25) is 0 Å². The maximum absolute atomic E-state index is 8.96. The Morgan fingerprint density at radius 3 is 3.21 bits per heavy atom. The van der Waals surface area contributed by atoms with Crippen LogP contribution >= 0.6 is 0 Å². The van der Waals surface area contributed by atoms with Gasteiger partial charge in [-0.25, -0.2) is 4.68 Å². The van der Waals surface area contributed by atoms with E-state index < -0.39 is 0 Å². The van der Waals surface area contributed by atoms with Crippen LogP contribution in [0.2, 0.25) is 0 Å². The van der Waals surface area contributed by atoms with E-state index >= 15 is 0 Å². The lowest BCUT2D eigenvalue weighted by Crippen LogP contribution is -2.19. The average molecular weight is 190 g/mol. The summed E-state index contributed by atoms with van der Waals surface area (Å²) in [7, 11) is 0. The Hall–Kier alpha value is -1.55. The van der Waals surface area contributed by atoms with Gasteiger partial charge in [-0.2, -0.15) is 5.10 Å². The Labute approximate surface area is 80.7 Å². The Morgan fingerprint density at radius 1 is 1.50 bits per heavy atom. The van der Waals surface area contributed by atoms with E-state index in [0.717, 1.165) is 16.8 Å². The van der Waals surface area contributed by atoms with Crippen LogP contribution in [0, 0.1) is 0 Å². The molecule has 0 saturated carbocycles. The van der Waals surface area contributed by atoms with Gasteiger partial charge >= 0.3 is 0 Å². The van der Waals surface area contributed by atoms with E-state index in [2.05, 4.69) is 5.10 Å². The first-order valence-electron chi connectivity index (χ1n) is 4.61. The third-order valence-corrected chi connectivity index (χ3v) is 2.46. The number of ether oxygens (including phenoxy) is 1. The Kier molecular flexibility index (Phi) is 1.52. The van der Waals surface area contributed by atoms with Crippen LogP contribution in [-0.4, -0.2) is 27.6 Å². The molecule has 1 aromatic carbocycles. The monoisotopic (exact) mass is 190 g/mol. The molecule has 4 heteroatoms. The molecule has 0 bridgehead atoms. The predicted octanol–water partition coefficient (Wildman–Crippen LogP) is 0.790. The number of benzene rings is 1. The maximum Gasteiger partial charge on any atom is 0.220 e. The number of hydrogen-bond donors (Lipinski definition) is 1. The van der Waals surface area contributed by atoms with Crippen LogP contribution in [0.3, 0.4) is 0 Å². The van der Waals surface area contributed by atoms with Gasteiger partial charge in [0.25, 0.3) is 0 Å². The topological polar surface area (TPSA) is 47.3 Å². The number of aliphatic hydroxyl groups excluding tert-OH is 1. The van der Waals surface area contributed by atoms with Gasteiger partial charge in [0.15, 0.2) is 0 Å². The standard InChI is InChI=1S/C10H10N2O2/c13-6-7-5-12-10(14-7)8-3-1-2-4-9(8)11-12/h1-4,7,13H,5-6H2. The molecule has 1 aliphatic rings. The van der Waals surface area contributed by atoms with Crippen LogP contribution in [0.5, 0.6) is 5.88 Å². The molecule has 0 saturated heterocycles. The second-order valence-electron chi connectivity index (χ2n) is 3.43. The summed E-state index contributed by atoms with van der Waals surface area (Å²) in [5.74, 6) is 0.777. The first-order valence-corrected chi connectivity index (χ1v) is 4.61. The summed E-state index contributed by atoms with van der Waals surface area (Å²) >= 11 is 0. The lowest BCUT2D eigenvalue weighted by molar-refractivity contribution is 0.134. The highest BCUT2D eigenvalue weighted by Crippen LogP contribution is 2.30. The number of fused-ring (bicyclic) bond motifs is 3. The summed E-state index contributed by atoms with van der Waals surface area (Å²) in [6.45, 7) is 0.679. The van der Waals surface area contributed by atoms with E-state index in [1.165, 1.54) is 0 Å². The molecule has 1 aliphatic heterocycles. The quantitative estimate of drug-likeness (QED) is 0.723. The van der Waals surface area contributed by atoms with Gasteiger partial charge in [0.05, 0.1) is 24.1 Å². The molecule has 72 valence electrons. The molecule has 2 aromatic rings. The number of nitrogens with zero attached hydrogens (tertiary/aromatic N) is 2. The second kappa shape index (κ2) is 2.72. The highest BCUT2D eigenvalue weighted by molar-refractivity contribution is 5.84. The number of hydrogen-bond acceptors (Lipinski definition) is 3. The van der Waals surface area contributed by atoms with Crippen LogP contribution in [0.15, 0.2) is 24.3 Å². The van der Waals surface area contributed by atoms with E-state index in [4.69, 9.17) is 9.84 Å². The van der Waals surface area contributed by atoms with Crippen LogP contribution < -0.4 is 4.74 Å². The Morgan fingerprint density at radius 2 is 2.36 bits per heavy atom. The van der Waals surface area contributed by atoms with E-state index in [1.54, 1.807) is 0 Å². The van der Waals surface area contributed by atoms with Crippen molar-refractivity contribution >= 4 is 10.9 Å². The Bertz CT molecular complexity index is 478. The van der Waals surface area contributed by atoms with Crippen LogP contribution in [-0.2, 0) is 6.54 Å². The van der Waals surface area contributed by atoms with Crippen LogP contribution in [0.25, 0.3) is 10.9 Å². The molecule has 2 heterocycles. The summed E-state index contributed by atoms with van der Waals surface area (Å²) in [6, 6.07) is 7.85. The van der Waals surface area contributed by atoms with Crippen molar-refractivity contribution in [2.24, 2.45) is 0 Å². The van der Waals surface area contributed by atoms with Crippen LogP contribution in [0.1, 0.15) is 0 Å². The highest BCUT2D eigenvalue weighted by Gasteiger charge is 2.25. The molecule has 0 spiro atoms. The minimum atomic E-state index is -0.137. The lowest BCUT2D eigenvalue weighted by atomic mass is 10.2. The van der Waals surface area contributed by atoms with Gasteiger partial charge in [0.1, 0.15) is 6.10 Å². The average Bonchev–Trinajstić information content (AvgIpc) is 2.73. The normalized spacial score (nSPS) is 19.6. The number of aliphatic hydroxyl groups is 1. The zero-order chi connectivity index (χ0) is 9.54. The van der Waals surface area contributed by atoms with E-state index in [0.29, 0.717) is 6.54 Å². The first-order chi connectivity index (χ1) is 6.88. The van der Waals surface area contributed by atoms with Gasteiger partial charge in [-0.15, -0.1) is 0 Å². The summed E-state index contributed by atoms with van der Waals surface area (Å²) in [5, 5.41) is 14.4. The number of aromatic nitrogens is 2. The molecule has 1 atom stereocenters. The lowest BCUT2D eigenvalue weighted by Gasteiger charge is -2.04. The molecular formula is C10H10N2O2. The zero-order valence-corrected chi connectivity index (χ0v) is 7.55. The molecule has 1 N–H and O–H groups in total. The highest BCUT2D eigenvalue weighted by atomic mass is 16.5. The Balaban J connectivity index is 2.16. The molecule has 1 aromatic heterocycles. The van der Waals surface area contributed by atoms with E-state index in [-0.39, 0.29) is 12.7 Å². The summed E-state index contributed by atoms with van der Waals surface area (Å²) in [4.78, 5) is 0. The van der Waals surface area contributed by atoms with E-state index in [9.17, 15) is 0 Å². The molecule has 4 nitrogen and oxygen atoms in total. The SMILES string of the molecule is OCC1Cn2nc3ccccc3c2O1. The third-order valence-electron chi connectivity index (χ3n) is 2.46. The minimum absolute atomic E-state index is 0.0394. The molecular weight excluding hydrogens is 180 g/mol. The summed E-state index contributed by atoms with van der Waals surface area (Å²) < 4.78 is 7.37. The fourth-order valence-corrected chi connectivity index (χ4v) is 1.79. The smallest absolute Gasteiger partial charge is 0.220 e. The number of rotatable bonds is 1. The molecule has 0 radical (unpaired) electrons. The van der Waals surface area contributed by atoms with Gasteiger partial charge < -0.3 is 9.84 Å². The predicted molar refractivity (Wildman–Crippen MR) is 51.2 cm³/mol. The summed E-state index contributed by atoms with van der Waals surface area (Å²) in [5.41, 5.74) is 0.943. The van der Waals surface area contributed by atoms with Crippen molar-refractivity contribution in [3.05, 3.63) is 24.3 Å². The molecule has 14 heavy (non-hydrogen) atoms. The second-order valence-corrected chi connectivity index (χ2v) is 3.43. The fraction of sp³-hybridized carbons (Fsp3) is 0.300. The van der Waals surface area contributed by atoms with Crippen molar-refractivity contribution in [3.63, 3.8) is 0 Å². The van der Waals surface area contributed by atoms with Gasteiger partial charge in [-0.1, -0.05) is 12.1 Å². The molecule has 1 unspecified atom stereocenters. The fourth-order valence-electron chi connectivity index (χ4n) is 1.79. The van der Waals surface area contributed by atoms with Crippen molar-refractivity contribution in [1.29, 1.82) is 0 Å². The first kappa shape index (κ1) is 7.82. The van der Waals surface area contributed by atoms with Crippen molar-refractivity contribution < 1.29 is 9.84 Å². The van der Waals surface area contributed by atoms with Gasteiger partial charge in [0.2, 0.25) is 5.88 Å². The van der Waals surface area contributed by atoms with E-state index in [1.807, 2.05) is 28.9 Å². The van der Waals surface area contributed by atoms with Crippen LogP contribution in [0.4, 0.5) is 0 Å². The minimum Gasteiger partial charge on any atom is -0.470 e. The molecule has 0 amide bonds. The largest absolute Gasteiger partial charge is 0.470 e. The van der Waals surface area contributed by atoms with Crippen molar-refractivity contribution in [2.45, 2.75) is 12.6 Å². The third kappa shape index (κ3) is 0.943. The van der Waals surface area contributed by atoms with Crippen molar-refractivity contribution in [2.75, 3.05) is 6.61 Å². The molecule has 3 rings (SSSR count). The maximum atomic E-state index is 8.96.